The highest BCUT2D eigenvalue weighted by Crippen LogP contribution is 2.38. The monoisotopic (exact) mass is 452 g/mol. The summed E-state index contributed by atoms with van der Waals surface area (Å²) in [6, 6.07) is 12.9. The van der Waals surface area contributed by atoms with Gasteiger partial charge in [0.05, 0.1) is 22.4 Å². The number of alkyl halides is 3. The fourth-order valence-corrected chi connectivity index (χ4v) is 3.69. The van der Waals surface area contributed by atoms with Gasteiger partial charge in [-0.3, -0.25) is 19.3 Å². The molecule has 0 atom stereocenters. The van der Waals surface area contributed by atoms with Crippen LogP contribution in [0.1, 0.15) is 47.8 Å². The van der Waals surface area contributed by atoms with Gasteiger partial charge in [-0.25, -0.2) is 0 Å². The Morgan fingerprint density at radius 1 is 0.818 bits per heavy atom. The SMILES string of the molecule is Cc1ccc(-c2ccc(NC(=O)c3ccc4c(c3)C(=O)N(C)C4=O)c(C(F)(F)F)c2)cc1C. The Labute approximate surface area is 187 Å². The van der Waals surface area contributed by atoms with Crippen molar-refractivity contribution in [3.63, 3.8) is 0 Å². The van der Waals surface area contributed by atoms with Crippen LogP contribution < -0.4 is 5.32 Å². The summed E-state index contributed by atoms with van der Waals surface area (Å²) in [5.74, 6) is -1.89. The predicted molar refractivity (Wildman–Crippen MR) is 117 cm³/mol. The summed E-state index contributed by atoms with van der Waals surface area (Å²) in [5.41, 5.74) is 1.74. The average molecular weight is 452 g/mol. The van der Waals surface area contributed by atoms with Gasteiger partial charge in [-0.1, -0.05) is 24.3 Å². The Balaban J connectivity index is 1.68. The average Bonchev–Trinajstić information content (AvgIpc) is 2.99. The third-order valence-electron chi connectivity index (χ3n) is 5.77. The summed E-state index contributed by atoms with van der Waals surface area (Å²) in [5, 5.41) is 2.29. The minimum atomic E-state index is -4.71. The first kappa shape index (κ1) is 22.3. The number of aryl methyl sites for hydroxylation is 2. The Hall–Kier alpha value is -3.94. The third-order valence-corrected chi connectivity index (χ3v) is 5.77. The van der Waals surface area contributed by atoms with E-state index < -0.39 is 35.1 Å². The lowest BCUT2D eigenvalue weighted by Crippen LogP contribution is -2.24. The van der Waals surface area contributed by atoms with Gasteiger partial charge >= 0.3 is 6.18 Å². The van der Waals surface area contributed by atoms with Crippen molar-refractivity contribution >= 4 is 23.4 Å². The molecule has 0 aliphatic carbocycles. The second-order valence-corrected chi connectivity index (χ2v) is 7.94. The first-order chi connectivity index (χ1) is 15.5. The zero-order valence-corrected chi connectivity index (χ0v) is 18.0. The van der Waals surface area contributed by atoms with E-state index in [4.69, 9.17) is 0 Å². The lowest BCUT2D eigenvalue weighted by molar-refractivity contribution is -0.136. The van der Waals surface area contributed by atoms with Crippen LogP contribution in [0.15, 0.2) is 54.6 Å². The molecular formula is C25H19F3N2O3. The van der Waals surface area contributed by atoms with Gasteiger partial charge in [0.25, 0.3) is 17.7 Å². The molecule has 33 heavy (non-hydrogen) atoms. The molecule has 4 rings (SSSR count). The van der Waals surface area contributed by atoms with E-state index in [0.29, 0.717) is 11.1 Å². The first-order valence-corrected chi connectivity index (χ1v) is 10.0. The Bertz CT molecular complexity index is 1330. The molecule has 0 saturated carbocycles. The van der Waals surface area contributed by atoms with Crippen molar-refractivity contribution in [1.29, 1.82) is 0 Å². The topological polar surface area (TPSA) is 66.5 Å². The van der Waals surface area contributed by atoms with E-state index in [2.05, 4.69) is 5.32 Å². The molecule has 3 amide bonds. The summed E-state index contributed by atoms with van der Waals surface area (Å²) in [7, 11) is 1.32. The van der Waals surface area contributed by atoms with Crippen LogP contribution in [0.3, 0.4) is 0 Å². The van der Waals surface area contributed by atoms with Crippen LogP contribution in [0.5, 0.6) is 0 Å². The molecule has 1 N–H and O–H groups in total. The number of carbonyl (C=O) groups excluding carboxylic acids is 3. The molecular weight excluding hydrogens is 433 g/mol. The molecule has 3 aromatic carbocycles. The Morgan fingerprint density at radius 3 is 2.12 bits per heavy atom. The number of hydrogen-bond donors (Lipinski definition) is 1. The zero-order valence-electron chi connectivity index (χ0n) is 18.0. The van der Waals surface area contributed by atoms with Gasteiger partial charge in [0.2, 0.25) is 0 Å². The van der Waals surface area contributed by atoms with Gasteiger partial charge in [0.15, 0.2) is 0 Å². The molecule has 0 aromatic heterocycles. The van der Waals surface area contributed by atoms with E-state index in [-0.39, 0.29) is 16.7 Å². The van der Waals surface area contributed by atoms with Crippen LogP contribution in [-0.2, 0) is 6.18 Å². The summed E-state index contributed by atoms with van der Waals surface area (Å²) in [4.78, 5) is 37.8. The molecule has 168 valence electrons. The molecule has 0 unspecified atom stereocenters. The molecule has 0 fully saturated rings. The quantitative estimate of drug-likeness (QED) is 0.536. The molecule has 3 aromatic rings. The van der Waals surface area contributed by atoms with Crippen molar-refractivity contribution in [3.8, 4) is 11.1 Å². The number of carbonyl (C=O) groups is 3. The maximum atomic E-state index is 13.8. The minimum absolute atomic E-state index is 0.0310. The number of amides is 3. The van der Waals surface area contributed by atoms with Crippen LogP contribution in [0.25, 0.3) is 11.1 Å². The zero-order chi connectivity index (χ0) is 24.1. The van der Waals surface area contributed by atoms with Gasteiger partial charge in [-0.2, -0.15) is 13.2 Å². The van der Waals surface area contributed by atoms with Crippen molar-refractivity contribution < 1.29 is 27.6 Å². The summed E-state index contributed by atoms with van der Waals surface area (Å²) >= 11 is 0. The highest BCUT2D eigenvalue weighted by molar-refractivity contribution is 6.22. The van der Waals surface area contributed by atoms with Crippen molar-refractivity contribution in [1.82, 2.24) is 4.90 Å². The normalized spacial score (nSPS) is 13.3. The predicted octanol–water partition coefficient (Wildman–Crippen LogP) is 5.47. The lowest BCUT2D eigenvalue weighted by Gasteiger charge is -2.16. The maximum absolute atomic E-state index is 13.8. The van der Waals surface area contributed by atoms with Crippen LogP contribution >= 0.6 is 0 Å². The number of nitrogens with one attached hydrogen (secondary N) is 1. The minimum Gasteiger partial charge on any atom is -0.321 e. The van der Waals surface area contributed by atoms with E-state index in [9.17, 15) is 27.6 Å². The molecule has 0 saturated heterocycles. The number of rotatable bonds is 3. The lowest BCUT2D eigenvalue weighted by atomic mass is 9.98. The summed E-state index contributed by atoms with van der Waals surface area (Å²) in [6.45, 7) is 3.80. The van der Waals surface area contributed by atoms with Crippen LogP contribution in [0.2, 0.25) is 0 Å². The third kappa shape index (κ3) is 4.00. The van der Waals surface area contributed by atoms with Gasteiger partial charge < -0.3 is 5.32 Å². The molecule has 0 radical (unpaired) electrons. The molecule has 1 aliphatic rings. The van der Waals surface area contributed by atoms with E-state index in [1.165, 1.54) is 37.4 Å². The largest absolute Gasteiger partial charge is 0.418 e. The maximum Gasteiger partial charge on any atom is 0.418 e. The fraction of sp³-hybridized carbons (Fsp3) is 0.160. The van der Waals surface area contributed by atoms with Gasteiger partial charge in [0.1, 0.15) is 0 Å². The fourth-order valence-electron chi connectivity index (χ4n) is 3.69. The molecule has 0 spiro atoms. The number of benzene rings is 3. The molecule has 1 heterocycles. The van der Waals surface area contributed by atoms with Gasteiger partial charge in [-0.05, 0) is 66.4 Å². The van der Waals surface area contributed by atoms with Crippen molar-refractivity contribution in [2.45, 2.75) is 20.0 Å². The van der Waals surface area contributed by atoms with Crippen molar-refractivity contribution in [2.24, 2.45) is 0 Å². The number of imide groups is 1. The Kier molecular flexibility index (Phi) is 5.32. The van der Waals surface area contributed by atoms with Crippen molar-refractivity contribution in [2.75, 3.05) is 12.4 Å². The summed E-state index contributed by atoms with van der Waals surface area (Å²) < 4.78 is 41.5. The van der Waals surface area contributed by atoms with Crippen LogP contribution in [-0.4, -0.2) is 29.7 Å². The Morgan fingerprint density at radius 2 is 1.45 bits per heavy atom. The second kappa shape index (κ2) is 7.88. The number of nitrogens with zero attached hydrogens (tertiary/aromatic N) is 1. The molecule has 0 bridgehead atoms. The molecule has 1 aliphatic heterocycles. The van der Waals surface area contributed by atoms with E-state index in [0.717, 1.165) is 22.1 Å². The smallest absolute Gasteiger partial charge is 0.321 e. The highest BCUT2D eigenvalue weighted by atomic mass is 19.4. The number of hydrogen-bond acceptors (Lipinski definition) is 3. The molecule has 5 nitrogen and oxygen atoms in total. The van der Waals surface area contributed by atoms with Gasteiger partial charge in [0, 0.05) is 12.6 Å². The standard InChI is InChI=1S/C25H19F3N2O3/c1-13-4-5-15(10-14(13)2)16-7-9-21(20(12-16)25(26,27)28)29-22(31)17-6-8-18-19(11-17)24(33)30(3)23(18)32/h4-12H,1-3H3,(H,29,31). The van der Waals surface area contributed by atoms with Crippen LogP contribution in [0.4, 0.5) is 18.9 Å². The number of fused-ring (bicyclic) bond motifs is 1. The van der Waals surface area contributed by atoms with E-state index in [1.807, 2.05) is 26.0 Å². The van der Waals surface area contributed by atoms with Crippen LogP contribution in [0, 0.1) is 13.8 Å². The van der Waals surface area contributed by atoms with Crippen molar-refractivity contribution in [3.05, 3.63) is 88.0 Å². The number of halogens is 3. The highest BCUT2D eigenvalue weighted by Gasteiger charge is 2.35. The second-order valence-electron chi connectivity index (χ2n) is 7.94. The molecule has 8 heteroatoms. The number of anilines is 1. The van der Waals surface area contributed by atoms with E-state index in [1.54, 1.807) is 6.07 Å². The summed E-state index contributed by atoms with van der Waals surface area (Å²) in [6.07, 6.45) is -4.71. The first-order valence-electron chi connectivity index (χ1n) is 10.0. The van der Waals surface area contributed by atoms with Gasteiger partial charge in [-0.15, -0.1) is 0 Å². The van der Waals surface area contributed by atoms with E-state index >= 15 is 0 Å².